The average molecular weight is 329 g/mol. The van der Waals surface area contributed by atoms with Crippen LogP contribution in [0.4, 0.5) is 0 Å². The van der Waals surface area contributed by atoms with Crippen LogP contribution in [0, 0.1) is 46.3 Å². The predicted molar refractivity (Wildman–Crippen MR) is 104 cm³/mol. The zero-order valence-electron chi connectivity index (χ0n) is 16.7. The van der Waals surface area contributed by atoms with E-state index in [2.05, 4.69) is 34.3 Å². The minimum atomic E-state index is 0.580. The summed E-state index contributed by atoms with van der Waals surface area (Å²) < 4.78 is 0. The zero-order valence-corrected chi connectivity index (χ0v) is 16.7. The van der Waals surface area contributed by atoms with E-state index >= 15 is 0 Å². The molecule has 4 aliphatic carbocycles. The molecule has 0 radical (unpaired) electrons. The lowest BCUT2D eigenvalue weighted by Gasteiger charge is -2.61. The van der Waals surface area contributed by atoms with Gasteiger partial charge in [-0.15, -0.1) is 0 Å². The summed E-state index contributed by atoms with van der Waals surface area (Å²) in [6, 6.07) is 0. The molecule has 0 heterocycles. The first-order chi connectivity index (χ1) is 11.4. The first kappa shape index (κ1) is 17.2. The Bertz CT molecular complexity index is 504. The molecule has 0 amide bonds. The molecular weight excluding hydrogens is 288 g/mol. The van der Waals surface area contributed by atoms with Gasteiger partial charge in [-0.2, -0.15) is 0 Å². The molecule has 136 valence electrons. The van der Waals surface area contributed by atoms with Crippen molar-refractivity contribution in [1.82, 2.24) is 0 Å². The number of hydrogen-bond acceptors (Lipinski definition) is 0. The van der Waals surface area contributed by atoms with E-state index in [1.807, 2.05) is 0 Å². The van der Waals surface area contributed by atoms with Crippen molar-refractivity contribution < 1.29 is 0 Å². The monoisotopic (exact) mass is 328 g/mol. The molecule has 0 N–H and O–H groups in total. The van der Waals surface area contributed by atoms with E-state index in [0.29, 0.717) is 10.8 Å². The Morgan fingerprint density at radius 3 is 2.33 bits per heavy atom. The number of rotatable bonds is 2. The molecule has 0 bridgehead atoms. The predicted octanol–water partition coefficient (Wildman–Crippen LogP) is 7.25. The summed E-state index contributed by atoms with van der Waals surface area (Å²) in [5.74, 6) is 5.96. The Hall–Kier alpha value is -0.260. The molecule has 8 atom stereocenters. The Balaban J connectivity index is 1.59. The second-order valence-corrected chi connectivity index (χ2v) is 10.7. The van der Waals surface area contributed by atoms with Crippen molar-refractivity contribution in [2.75, 3.05) is 0 Å². The molecule has 0 heteroatoms. The van der Waals surface area contributed by atoms with Gasteiger partial charge in [-0.1, -0.05) is 39.3 Å². The Kier molecular flexibility index (Phi) is 4.21. The first-order valence-corrected chi connectivity index (χ1v) is 11.1. The zero-order chi connectivity index (χ0) is 17.1. The van der Waals surface area contributed by atoms with Crippen molar-refractivity contribution in [3.8, 4) is 0 Å². The fraction of sp³-hybridized carbons (Fsp3) is 0.917. The van der Waals surface area contributed by atoms with Crippen LogP contribution in [-0.2, 0) is 0 Å². The molecule has 0 aromatic heterocycles. The van der Waals surface area contributed by atoms with Gasteiger partial charge in [-0.25, -0.2) is 0 Å². The number of fused-ring (bicyclic) bond motifs is 5. The van der Waals surface area contributed by atoms with Gasteiger partial charge in [-0.05, 0) is 111 Å². The second-order valence-electron chi connectivity index (χ2n) is 10.7. The van der Waals surface area contributed by atoms with Crippen LogP contribution in [0.15, 0.2) is 12.2 Å². The summed E-state index contributed by atoms with van der Waals surface area (Å²) in [6.45, 7) is 14.5. The molecule has 0 saturated heterocycles. The minimum Gasteiger partial charge on any atom is -0.0998 e. The standard InChI is InChI=1S/C24H40/c1-6-17-11-13-23(4)18(15-17)7-8-19-21-10-9-20(16(2)3)24(21,5)14-12-22(19)23/h17-22H,2,6-15H2,1,3-5H3/t17-,18-,19?,20+,21?,22?,23-,24+/m0/s1. The highest BCUT2D eigenvalue weighted by Gasteiger charge is 2.59. The Morgan fingerprint density at radius 1 is 0.917 bits per heavy atom. The summed E-state index contributed by atoms with van der Waals surface area (Å²) in [5.41, 5.74) is 2.73. The fourth-order valence-corrected chi connectivity index (χ4v) is 8.53. The normalized spacial score (nSPS) is 53.8. The van der Waals surface area contributed by atoms with Crippen molar-refractivity contribution in [3.05, 3.63) is 12.2 Å². The van der Waals surface area contributed by atoms with Gasteiger partial charge in [0.25, 0.3) is 0 Å². The van der Waals surface area contributed by atoms with Crippen LogP contribution in [0.2, 0.25) is 0 Å². The molecule has 0 aromatic carbocycles. The maximum absolute atomic E-state index is 4.37. The van der Waals surface area contributed by atoms with Gasteiger partial charge < -0.3 is 0 Å². The molecule has 3 unspecified atom stereocenters. The summed E-state index contributed by atoms with van der Waals surface area (Å²) in [7, 11) is 0. The van der Waals surface area contributed by atoms with Gasteiger partial charge in [0.2, 0.25) is 0 Å². The molecule has 4 saturated carbocycles. The van der Waals surface area contributed by atoms with E-state index in [4.69, 9.17) is 0 Å². The molecular formula is C24H40. The highest BCUT2D eigenvalue weighted by Crippen LogP contribution is 2.68. The van der Waals surface area contributed by atoms with Gasteiger partial charge in [0, 0.05) is 0 Å². The third kappa shape index (κ3) is 2.30. The highest BCUT2D eigenvalue weighted by atomic mass is 14.6. The van der Waals surface area contributed by atoms with Crippen LogP contribution < -0.4 is 0 Å². The molecule has 24 heavy (non-hydrogen) atoms. The van der Waals surface area contributed by atoms with Gasteiger partial charge in [0.05, 0.1) is 0 Å². The van der Waals surface area contributed by atoms with Crippen LogP contribution >= 0.6 is 0 Å². The second kappa shape index (κ2) is 5.88. The van der Waals surface area contributed by atoms with Gasteiger partial charge in [0.1, 0.15) is 0 Å². The largest absolute Gasteiger partial charge is 0.0998 e. The van der Waals surface area contributed by atoms with E-state index in [0.717, 1.165) is 35.5 Å². The Morgan fingerprint density at radius 2 is 1.62 bits per heavy atom. The molecule has 0 aromatic rings. The first-order valence-electron chi connectivity index (χ1n) is 11.1. The van der Waals surface area contributed by atoms with E-state index in [-0.39, 0.29) is 0 Å². The molecule has 4 fully saturated rings. The smallest absolute Gasteiger partial charge is 0.0152 e. The van der Waals surface area contributed by atoms with E-state index in [1.165, 1.54) is 50.5 Å². The quantitative estimate of drug-likeness (QED) is 0.468. The van der Waals surface area contributed by atoms with Crippen LogP contribution in [0.5, 0.6) is 0 Å². The van der Waals surface area contributed by atoms with Crippen molar-refractivity contribution in [1.29, 1.82) is 0 Å². The summed E-state index contributed by atoms with van der Waals surface area (Å²) in [5, 5.41) is 0. The van der Waals surface area contributed by atoms with Crippen LogP contribution in [0.1, 0.15) is 91.9 Å². The maximum atomic E-state index is 4.37. The summed E-state index contributed by atoms with van der Waals surface area (Å²) in [6.07, 6.45) is 15.0. The summed E-state index contributed by atoms with van der Waals surface area (Å²) >= 11 is 0. The molecule has 4 rings (SSSR count). The number of allylic oxidation sites excluding steroid dienone is 1. The van der Waals surface area contributed by atoms with Crippen LogP contribution in [-0.4, -0.2) is 0 Å². The topological polar surface area (TPSA) is 0 Å². The average Bonchev–Trinajstić information content (AvgIpc) is 2.91. The van der Waals surface area contributed by atoms with Crippen LogP contribution in [0.3, 0.4) is 0 Å². The summed E-state index contributed by atoms with van der Waals surface area (Å²) in [4.78, 5) is 0. The third-order valence-electron chi connectivity index (χ3n) is 9.95. The highest BCUT2D eigenvalue weighted by molar-refractivity contribution is 5.15. The van der Waals surface area contributed by atoms with Crippen molar-refractivity contribution in [2.45, 2.75) is 91.9 Å². The lowest BCUT2D eigenvalue weighted by atomic mass is 9.44. The van der Waals surface area contributed by atoms with E-state index in [9.17, 15) is 0 Å². The lowest BCUT2D eigenvalue weighted by molar-refractivity contribution is -0.116. The molecule has 0 nitrogen and oxygen atoms in total. The Labute approximate surface area is 150 Å². The van der Waals surface area contributed by atoms with E-state index < -0.39 is 0 Å². The van der Waals surface area contributed by atoms with Gasteiger partial charge >= 0.3 is 0 Å². The molecule has 0 aliphatic heterocycles. The SMILES string of the molecule is C=C(C)[C@H]1CCC2C3CC[C@H]4C[C@@H](CC)CC[C@]4(C)C3CC[C@@]21C. The van der Waals surface area contributed by atoms with Gasteiger partial charge in [0.15, 0.2) is 0 Å². The molecule has 4 aliphatic rings. The fourth-order valence-electron chi connectivity index (χ4n) is 8.53. The van der Waals surface area contributed by atoms with Crippen molar-refractivity contribution >= 4 is 0 Å². The lowest BCUT2D eigenvalue weighted by Crippen LogP contribution is -2.53. The van der Waals surface area contributed by atoms with Crippen LogP contribution in [0.25, 0.3) is 0 Å². The number of hydrogen-bond donors (Lipinski definition) is 0. The molecule has 0 spiro atoms. The maximum Gasteiger partial charge on any atom is -0.0152 e. The van der Waals surface area contributed by atoms with E-state index in [1.54, 1.807) is 19.3 Å². The van der Waals surface area contributed by atoms with Gasteiger partial charge in [-0.3, -0.25) is 0 Å². The third-order valence-corrected chi connectivity index (χ3v) is 9.95. The van der Waals surface area contributed by atoms with Crippen molar-refractivity contribution in [3.63, 3.8) is 0 Å². The van der Waals surface area contributed by atoms with Crippen molar-refractivity contribution in [2.24, 2.45) is 46.3 Å². The minimum absolute atomic E-state index is 0.580.